The van der Waals surface area contributed by atoms with Gasteiger partial charge in [-0.1, -0.05) is 12.1 Å². The van der Waals surface area contributed by atoms with Crippen molar-refractivity contribution in [1.29, 1.82) is 0 Å². The van der Waals surface area contributed by atoms with E-state index in [0.717, 1.165) is 78.0 Å². The first-order chi connectivity index (χ1) is 17.9. The average Bonchev–Trinajstić information content (AvgIpc) is 3.33. The summed E-state index contributed by atoms with van der Waals surface area (Å²) in [5.74, 6) is -0.396. The van der Waals surface area contributed by atoms with Gasteiger partial charge in [0.25, 0.3) is 0 Å². The number of hydrogen-bond donors (Lipinski definition) is 2. The number of H-pyrrole nitrogens is 1. The number of hydrogen-bond acceptors (Lipinski definition) is 4. The van der Waals surface area contributed by atoms with Gasteiger partial charge in [-0.15, -0.1) is 0 Å². The summed E-state index contributed by atoms with van der Waals surface area (Å²) in [7, 11) is 0. The minimum atomic E-state index is -0.396. The topological polar surface area (TPSA) is 84.2 Å². The summed E-state index contributed by atoms with van der Waals surface area (Å²) in [6, 6.07) is 11.3. The minimum Gasteiger partial charge on any atom is -0.380 e. The molecule has 1 unspecified atom stereocenters. The molecule has 4 heterocycles. The van der Waals surface area contributed by atoms with E-state index < -0.39 is 5.91 Å². The van der Waals surface area contributed by atoms with Crippen molar-refractivity contribution in [1.82, 2.24) is 14.9 Å². The van der Waals surface area contributed by atoms with Crippen LogP contribution in [0.4, 0.5) is 0 Å². The van der Waals surface area contributed by atoms with Crippen LogP contribution in [0.1, 0.15) is 51.0 Å². The second-order valence-electron chi connectivity index (χ2n) is 10.6. The predicted octanol–water partition coefficient (Wildman–Crippen LogP) is 5.46. The van der Waals surface area contributed by atoms with E-state index in [0.29, 0.717) is 11.6 Å². The summed E-state index contributed by atoms with van der Waals surface area (Å²) in [6.07, 6.45) is 7.45. The zero-order valence-electron chi connectivity index (χ0n) is 21.9. The fourth-order valence-corrected chi connectivity index (χ4v) is 6.20. The predicted molar refractivity (Wildman–Crippen MR) is 148 cm³/mol. The molecular weight excluding hydrogens is 460 g/mol. The summed E-state index contributed by atoms with van der Waals surface area (Å²) in [5, 5.41) is 1.07. The second-order valence-corrected chi connectivity index (χ2v) is 10.6. The van der Waals surface area contributed by atoms with Gasteiger partial charge in [-0.05, 0) is 97.2 Å². The lowest BCUT2D eigenvalue weighted by Gasteiger charge is -2.38. The highest BCUT2D eigenvalue weighted by molar-refractivity contribution is 5.99. The van der Waals surface area contributed by atoms with Gasteiger partial charge in [-0.25, -0.2) is 4.98 Å². The molecule has 6 nitrogen and oxygen atoms in total. The highest BCUT2D eigenvalue weighted by Gasteiger charge is 2.26. The van der Waals surface area contributed by atoms with Gasteiger partial charge in [0.1, 0.15) is 5.65 Å². The molecule has 37 heavy (non-hydrogen) atoms. The molecule has 2 aromatic heterocycles. The maximum absolute atomic E-state index is 11.8. The van der Waals surface area contributed by atoms with Crippen molar-refractivity contribution < 1.29 is 9.53 Å². The van der Waals surface area contributed by atoms with E-state index in [4.69, 9.17) is 15.5 Å². The zero-order valence-corrected chi connectivity index (χ0v) is 21.9. The standard InChI is InChI=1S/C31H34N4O2/c1-18-11-21(12-23-16-35(9-8-25(18)23)24-5-4-10-37-17-24)22-13-28-29(15-34-31(28)33-14-22)26-6-7-27(30(32)36)20(3)19(26)2/h6-7,11-15,24H,4-5,8-10,16-17H2,1-3H3,(H2,32,36)(H,33,34). The summed E-state index contributed by atoms with van der Waals surface area (Å²) in [4.78, 5) is 22.5. The number of carbonyl (C=O) groups excluding carboxylic acids is 1. The Hall–Kier alpha value is -3.48. The van der Waals surface area contributed by atoms with Crippen LogP contribution in [0.3, 0.4) is 0 Å². The number of aryl methyl sites for hydroxylation is 1. The van der Waals surface area contributed by atoms with E-state index in [2.05, 4.69) is 35.0 Å². The summed E-state index contributed by atoms with van der Waals surface area (Å²) in [5.41, 5.74) is 17.7. The Kier molecular flexibility index (Phi) is 6.09. The van der Waals surface area contributed by atoms with Crippen molar-refractivity contribution in [2.24, 2.45) is 5.73 Å². The molecule has 2 aliphatic rings. The van der Waals surface area contributed by atoms with Gasteiger partial charge in [0.05, 0.1) is 6.61 Å². The Morgan fingerprint density at radius 2 is 1.97 bits per heavy atom. The van der Waals surface area contributed by atoms with Gasteiger partial charge < -0.3 is 15.5 Å². The molecule has 0 saturated carbocycles. The number of nitrogens with one attached hydrogen (secondary N) is 1. The highest BCUT2D eigenvalue weighted by Crippen LogP contribution is 2.36. The molecular formula is C31H34N4O2. The van der Waals surface area contributed by atoms with Crippen LogP contribution in [0.15, 0.2) is 42.7 Å². The average molecular weight is 495 g/mol. The number of aromatic nitrogens is 2. The smallest absolute Gasteiger partial charge is 0.248 e. The normalized spacial score (nSPS) is 18.2. The Morgan fingerprint density at radius 1 is 1.11 bits per heavy atom. The monoisotopic (exact) mass is 494 g/mol. The number of pyridine rings is 1. The van der Waals surface area contributed by atoms with Gasteiger partial charge in [0.15, 0.2) is 0 Å². The van der Waals surface area contributed by atoms with Crippen molar-refractivity contribution in [3.8, 4) is 22.3 Å². The highest BCUT2D eigenvalue weighted by atomic mass is 16.5. The largest absolute Gasteiger partial charge is 0.380 e. The van der Waals surface area contributed by atoms with Crippen LogP contribution in [0.2, 0.25) is 0 Å². The van der Waals surface area contributed by atoms with Crippen molar-refractivity contribution in [2.75, 3.05) is 19.8 Å². The molecule has 2 aromatic carbocycles. The lowest BCUT2D eigenvalue weighted by atomic mass is 9.89. The van der Waals surface area contributed by atoms with Crippen LogP contribution >= 0.6 is 0 Å². The lowest BCUT2D eigenvalue weighted by molar-refractivity contribution is 0.0125. The number of amides is 1. The van der Waals surface area contributed by atoms with E-state index in [-0.39, 0.29) is 0 Å². The third-order valence-corrected chi connectivity index (χ3v) is 8.45. The molecule has 2 aliphatic heterocycles. The molecule has 0 spiro atoms. The van der Waals surface area contributed by atoms with E-state index >= 15 is 0 Å². The molecule has 0 radical (unpaired) electrons. The van der Waals surface area contributed by atoms with Crippen LogP contribution < -0.4 is 5.73 Å². The Labute approximate surface area is 217 Å². The second kappa shape index (κ2) is 9.43. The number of ether oxygens (including phenoxy) is 1. The van der Waals surface area contributed by atoms with E-state index in [1.54, 1.807) is 0 Å². The number of aromatic amines is 1. The molecule has 1 amide bonds. The molecule has 6 rings (SSSR count). The number of benzene rings is 2. The molecule has 190 valence electrons. The molecule has 6 heteroatoms. The maximum atomic E-state index is 11.8. The van der Waals surface area contributed by atoms with Gasteiger partial charge in [0, 0.05) is 60.2 Å². The summed E-state index contributed by atoms with van der Waals surface area (Å²) >= 11 is 0. The number of nitrogens with zero attached hydrogens (tertiary/aromatic N) is 2. The quantitative estimate of drug-likeness (QED) is 0.395. The fraction of sp³-hybridized carbons (Fsp3) is 0.355. The van der Waals surface area contributed by atoms with E-state index in [9.17, 15) is 4.79 Å². The first-order valence-electron chi connectivity index (χ1n) is 13.2. The number of primary amides is 1. The minimum absolute atomic E-state index is 0.396. The number of rotatable bonds is 4. The lowest BCUT2D eigenvalue weighted by Crippen LogP contribution is -2.43. The molecule has 3 N–H and O–H groups in total. The first-order valence-corrected chi connectivity index (χ1v) is 13.2. The summed E-state index contributed by atoms with van der Waals surface area (Å²) < 4.78 is 5.78. The molecule has 1 saturated heterocycles. The summed E-state index contributed by atoms with van der Waals surface area (Å²) in [6.45, 7) is 10.1. The van der Waals surface area contributed by atoms with Crippen LogP contribution in [0, 0.1) is 20.8 Å². The molecule has 1 fully saturated rings. The van der Waals surface area contributed by atoms with Gasteiger partial charge >= 0.3 is 0 Å². The molecule has 4 aromatic rings. The fourth-order valence-electron chi connectivity index (χ4n) is 6.20. The number of carbonyl (C=O) groups is 1. The van der Waals surface area contributed by atoms with E-state index in [1.165, 1.54) is 28.7 Å². The van der Waals surface area contributed by atoms with E-state index in [1.807, 2.05) is 38.4 Å². The van der Waals surface area contributed by atoms with Crippen molar-refractivity contribution in [3.05, 3.63) is 76.1 Å². The Morgan fingerprint density at radius 3 is 2.76 bits per heavy atom. The van der Waals surface area contributed by atoms with Crippen molar-refractivity contribution in [2.45, 2.75) is 52.6 Å². The molecule has 1 atom stereocenters. The number of nitrogens with two attached hydrogens (primary N) is 1. The van der Waals surface area contributed by atoms with Crippen molar-refractivity contribution in [3.63, 3.8) is 0 Å². The third kappa shape index (κ3) is 4.24. The third-order valence-electron chi connectivity index (χ3n) is 8.45. The molecule has 0 aliphatic carbocycles. The van der Waals surface area contributed by atoms with Crippen LogP contribution in [0.25, 0.3) is 33.3 Å². The zero-order chi connectivity index (χ0) is 25.7. The first kappa shape index (κ1) is 23.9. The molecule has 0 bridgehead atoms. The van der Waals surface area contributed by atoms with Crippen molar-refractivity contribution >= 4 is 16.9 Å². The van der Waals surface area contributed by atoms with Gasteiger partial charge in [-0.2, -0.15) is 0 Å². The van der Waals surface area contributed by atoms with Gasteiger partial charge in [-0.3, -0.25) is 9.69 Å². The number of fused-ring (bicyclic) bond motifs is 2. The SMILES string of the molecule is Cc1cc(-c2cnc3[nH]cc(-c4ccc(C(N)=O)c(C)c4C)c3c2)cc2c1CCN(C1CCCOC1)C2. The van der Waals surface area contributed by atoms with Gasteiger partial charge in [0.2, 0.25) is 5.91 Å². The van der Waals surface area contributed by atoms with Crippen LogP contribution in [-0.4, -0.2) is 46.6 Å². The van der Waals surface area contributed by atoms with Crippen LogP contribution in [0.5, 0.6) is 0 Å². The van der Waals surface area contributed by atoms with Crippen LogP contribution in [-0.2, 0) is 17.7 Å². The maximum Gasteiger partial charge on any atom is 0.248 e. The Bertz CT molecular complexity index is 1510. The Balaban J connectivity index is 1.38.